The summed E-state index contributed by atoms with van der Waals surface area (Å²) in [5.41, 5.74) is 8.47. The lowest BCUT2D eigenvalue weighted by molar-refractivity contribution is -0.0458. The molecule has 104 valence electrons. The summed E-state index contributed by atoms with van der Waals surface area (Å²) in [5, 5.41) is 0. The first kappa shape index (κ1) is 13.0. The Morgan fingerprint density at radius 2 is 1.80 bits per heavy atom. The van der Waals surface area contributed by atoms with Gasteiger partial charge in [-0.15, -0.1) is 0 Å². The van der Waals surface area contributed by atoms with Gasteiger partial charge in [-0.05, 0) is 23.8 Å². The number of nitrogens with two attached hydrogens (primary N) is 1. The zero-order chi connectivity index (χ0) is 13.8. The van der Waals surface area contributed by atoms with Crippen LogP contribution in [0.15, 0.2) is 48.5 Å². The highest BCUT2D eigenvalue weighted by atomic mass is 16.7. The predicted octanol–water partition coefficient (Wildman–Crippen LogP) is 2.89. The molecule has 2 aromatic carbocycles. The third kappa shape index (κ3) is 2.92. The third-order valence-electron chi connectivity index (χ3n) is 3.15. The van der Waals surface area contributed by atoms with Crippen molar-refractivity contribution < 1.29 is 14.2 Å². The van der Waals surface area contributed by atoms with Gasteiger partial charge >= 0.3 is 0 Å². The summed E-state index contributed by atoms with van der Waals surface area (Å²) >= 11 is 0. The number of anilines is 1. The van der Waals surface area contributed by atoms with Crippen molar-refractivity contribution in [3.05, 3.63) is 59.7 Å². The van der Waals surface area contributed by atoms with Gasteiger partial charge in [-0.2, -0.15) is 0 Å². The Hall–Kier alpha value is -2.04. The van der Waals surface area contributed by atoms with Crippen LogP contribution < -0.4 is 10.5 Å². The first-order chi connectivity index (χ1) is 9.83. The zero-order valence-corrected chi connectivity index (χ0v) is 11.1. The van der Waals surface area contributed by atoms with Crippen molar-refractivity contribution in [2.24, 2.45) is 0 Å². The van der Waals surface area contributed by atoms with Gasteiger partial charge in [0.25, 0.3) is 0 Å². The van der Waals surface area contributed by atoms with Crippen LogP contribution in [0.5, 0.6) is 5.75 Å². The van der Waals surface area contributed by atoms with Gasteiger partial charge in [0.2, 0.25) is 0 Å². The maximum atomic E-state index is 5.88. The van der Waals surface area contributed by atoms with Gasteiger partial charge in [-0.25, -0.2) is 0 Å². The van der Waals surface area contributed by atoms with Crippen molar-refractivity contribution in [3.8, 4) is 5.75 Å². The average Bonchev–Trinajstić information content (AvgIpc) is 3.01. The van der Waals surface area contributed by atoms with Crippen molar-refractivity contribution in [2.45, 2.75) is 12.9 Å². The van der Waals surface area contributed by atoms with Gasteiger partial charge in [0.15, 0.2) is 6.29 Å². The maximum Gasteiger partial charge on any atom is 0.187 e. The van der Waals surface area contributed by atoms with Crippen molar-refractivity contribution >= 4 is 5.69 Å². The van der Waals surface area contributed by atoms with Gasteiger partial charge in [-0.1, -0.05) is 30.3 Å². The predicted molar refractivity (Wildman–Crippen MR) is 76.3 cm³/mol. The number of rotatable bonds is 4. The van der Waals surface area contributed by atoms with Gasteiger partial charge < -0.3 is 19.9 Å². The van der Waals surface area contributed by atoms with Gasteiger partial charge in [0.1, 0.15) is 12.4 Å². The first-order valence-corrected chi connectivity index (χ1v) is 6.62. The van der Waals surface area contributed by atoms with Gasteiger partial charge in [0.05, 0.1) is 18.8 Å². The van der Waals surface area contributed by atoms with Crippen LogP contribution in [-0.2, 0) is 16.1 Å². The molecule has 4 nitrogen and oxygen atoms in total. The Labute approximate surface area is 118 Å². The van der Waals surface area contributed by atoms with Gasteiger partial charge in [-0.3, -0.25) is 0 Å². The van der Waals surface area contributed by atoms with E-state index in [1.54, 1.807) is 0 Å². The molecular weight excluding hydrogens is 254 g/mol. The lowest BCUT2D eigenvalue weighted by Crippen LogP contribution is -2.04. The van der Waals surface area contributed by atoms with Gasteiger partial charge in [0, 0.05) is 5.69 Å². The summed E-state index contributed by atoms with van der Waals surface area (Å²) in [5.74, 6) is 0.745. The molecule has 4 heteroatoms. The van der Waals surface area contributed by atoms with Crippen LogP contribution in [0.1, 0.15) is 17.4 Å². The highest BCUT2D eigenvalue weighted by molar-refractivity contribution is 5.48. The molecule has 0 amide bonds. The Morgan fingerprint density at radius 3 is 2.55 bits per heavy atom. The quantitative estimate of drug-likeness (QED) is 0.869. The number of ether oxygens (including phenoxy) is 3. The maximum absolute atomic E-state index is 5.88. The lowest BCUT2D eigenvalue weighted by Gasteiger charge is -2.16. The minimum Gasteiger partial charge on any atom is -0.488 e. The molecule has 0 bridgehead atoms. The molecule has 2 aromatic rings. The summed E-state index contributed by atoms with van der Waals surface area (Å²) in [6.07, 6.45) is -0.385. The summed E-state index contributed by atoms with van der Waals surface area (Å²) in [6, 6.07) is 15.5. The molecule has 0 aliphatic carbocycles. The normalized spacial score (nSPS) is 15.4. The van der Waals surface area contributed by atoms with E-state index in [0.717, 1.165) is 16.9 Å². The number of hydrogen-bond donors (Lipinski definition) is 1. The van der Waals surface area contributed by atoms with E-state index < -0.39 is 0 Å². The second-order valence-electron chi connectivity index (χ2n) is 4.65. The molecule has 1 saturated heterocycles. The lowest BCUT2D eigenvalue weighted by atomic mass is 10.1. The molecule has 1 aliphatic rings. The molecule has 1 aliphatic heterocycles. The molecule has 3 rings (SSSR count). The average molecular weight is 271 g/mol. The Morgan fingerprint density at radius 1 is 1.05 bits per heavy atom. The van der Waals surface area contributed by atoms with E-state index >= 15 is 0 Å². The van der Waals surface area contributed by atoms with Crippen molar-refractivity contribution in [2.75, 3.05) is 18.9 Å². The van der Waals surface area contributed by atoms with E-state index in [-0.39, 0.29) is 6.29 Å². The first-order valence-electron chi connectivity index (χ1n) is 6.62. The molecule has 0 unspecified atom stereocenters. The minimum atomic E-state index is -0.385. The summed E-state index contributed by atoms with van der Waals surface area (Å²) in [4.78, 5) is 0. The van der Waals surface area contributed by atoms with Crippen LogP contribution in [-0.4, -0.2) is 13.2 Å². The molecule has 2 N–H and O–H groups in total. The molecular formula is C16H17NO3. The molecule has 0 radical (unpaired) electrons. The largest absolute Gasteiger partial charge is 0.488 e. The van der Waals surface area contributed by atoms with E-state index in [0.29, 0.717) is 25.5 Å². The second-order valence-corrected chi connectivity index (χ2v) is 4.65. The third-order valence-corrected chi connectivity index (χ3v) is 3.15. The smallest absolute Gasteiger partial charge is 0.187 e. The second kappa shape index (κ2) is 5.94. The molecule has 0 spiro atoms. The van der Waals surface area contributed by atoms with E-state index in [1.807, 2.05) is 48.5 Å². The fourth-order valence-corrected chi connectivity index (χ4v) is 2.16. The minimum absolute atomic E-state index is 0.385. The SMILES string of the molecule is Nc1ccc(OCc2ccccc2)c(C2OCCO2)c1. The summed E-state index contributed by atoms with van der Waals surface area (Å²) < 4.78 is 16.9. The standard InChI is InChI=1S/C16H17NO3/c17-13-6-7-15(14(10-13)16-18-8-9-19-16)20-11-12-4-2-1-3-5-12/h1-7,10,16H,8-9,11,17H2. The number of hydrogen-bond acceptors (Lipinski definition) is 4. The highest BCUT2D eigenvalue weighted by Crippen LogP contribution is 2.33. The molecule has 0 aromatic heterocycles. The van der Waals surface area contributed by atoms with E-state index in [9.17, 15) is 0 Å². The molecule has 1 heterocycles. The van der Waals surface area contributed by atoms with Crippen LogP contribution in [0.2, 0.25) is 0 Å². The van der Waals surface area contributed by atoms with E-state index in [4.69, 9.17) is 19.9 Å². The van der Waals surface area contributed by atoms with Crippen LogP contribution >= 0.6 is 0 Å². The Balaban J connectivity index is 1.78. The van der Waals surface area contributed by atoms with Crippen LogP contribution in [0.3, 0.4) is 0 Å². The van der Waals surface area contributed by atoms with E-state index in [2.05, 4.69) is 0 Å². The van der Waals surface area contributed by atoms with Crippen molar-refractivity contribution in [1.29, 1.82) is 0 Å². The van der Waals surface area contributed by atoms with Crippen LogP contribution in [0.25, 0.3) is 0 Å². The highest BCUT2D eigenvalue weighted by Gasteiger charge is 2.22. The number of benzene rings is 2. The topological polar surface area (TPSA) is 53.7 Å². The van der Waals surface area contributed by atoms with E-state index in [1.165, 1.54) is 0 Å². The molecule has 0 saturated carbocycles. The fraction of sp³-hybridized carbons (Fsp3) is 0.250. The number of nitrogen functional groups attached to an aromatic ring is 1. The monoisotopic (exact) mass is 271 g/mol. The summed E-state index contributed by atoms with van der Waals surface area (Å²) in [7, 11) is 0. The van der Waals surface area contributed by atoms with Crippen LogP contribution in [0, 0.1) is 0 Å². The molecule has 0 atom stereocenters. The van der Waals surface area contributed by atoms with Crippen molar-refractivity contribution in [3.63, 3.8) is 0 Å². The molecule has 20 heavy (non-hydrogen) atoms. The van der Waals surface area contributed by atoms with Crippen LogP contribution in [0.4, 0.5) is 5.69 Å². The Kier molecular flexibility index (Phi) is 3.85. The fourth-order valence-electron chi connectivity index (χ4n) is 2.16. The molecule has 1 fully saturated rings. The Bertz CT molecular complexity index is 565. The van der Waals surface area contributed by atoms with Crippen molar-refractivity contribution in [1.82, 2.24) is 0 Å². The zero-order valence-electron chi connectivity index (χ0n) is 11.1. The summed E-state index contributed by atoms with van der Waals surface area (Å²) in [6.45, 7) is 1.69.